The molecule has 20 heavy (non-hydrogen) atoms. The van der Waals surface area contributed by atoms with Gasteiger partial charge in [0.15, 0.2) is 0 Å². The predicted octanol–water partition coefficient (Wildman–Crippen LogP) is 3.35. The summed E-state index contributed by atoms with van der Waals surface area (Å²) in [5.74, 6) is 2.17. The lowest BCUT2D eigenvalue weighted by atomic mass is 10.3. The van der Waals surface area contributed by atoms with Crippen molar-refractivity contribution in [3.05, 3.63) is 48.1 Å². The summed E-state index contributed by atoms with van der Waals surface area (Å²) in [6.45, 7) is 0. The Morgan fingerprint density at radius 3 is 2.75 bits per heavy atom. The van der Waals surface area contributed by atoms with Crippen molar-refractivity contribution in [2.45, 2.75) is 0 Å². The Kier molecular flexibility index (Phi) is 3.56. The standard InChI is InChI=1S/C14H12N4OS/c1-19-10-5-6-12(16-9-10)18-13-4-2-3-11(17-13)14-15-7-8-20-14/h2-9H,1H3,(H,16,17,18). The third kappa shape index (κ3) is 2.75. The maximum absolute atomic E-state index is 5.07. The molecule has 3 aromatic rings. The van der Waals surface area contributed by atoms with Crippen LogP contribution in [-0.4, -0.2) is 22.1 Å². The molecule has 0 aliphatic carbocycles. The highest BCUT2D eigenvalue weighted by atomic mass is 32.1. The van der Waals surface area contributed by atoms with Gasteiger partial charge in [0.05, 0.1) is 13.3 Å². The topological polar surface area (TPSA) is 59.9 Å². The van der Waals surface area contributed by atoms with Gasteiger partial charge in [-0.25, -0.2) is 15.0 Å². The van der Waals surface area contributed by atoms with Gasteiger partial charge < -0.3 is 10.1 Å². The van der Waals surface area contributed by atoms with Gasteiger partial charge >= 0.3 is 0 Å². The lowest BCUT2D eigenvalue weighted by Gasteiger charge is -2.06. The summed E-state index contributed by atoms with van der Waals surface area (Å²) in [7, 11) is 1.61. The molecule has 3 heterocycles. The zero-order valence-corrected chi connectivity index (χ0v) is 11.6. The van der Waals surface area contributed by atoms with E-state index in [4.69, 9.17) is 4.74 Å². The maximum Gasteiger partial charge on any atom is 0.141 e. The molecule has 100 valence electrons. The molecule has 0 atom stereocenters. The Labute approximate surface area is 120 Å². The smallest absolute Gasteiger partial charge is 0.141 e. The molecule has 6 heteroatoms. The molecular formula is C14H12N4OS. The fourth-order valence-corrected chi connectivity index (χ4v) is 2.29. The van der Waals surface area contributed by atoms with E-state index in [2.05, 4.69) is 20.3 Å². The number of pyridine rings is 2. The third-order valence-corrected chi connectivity index (χ3v) is 3.42. The first-order valence-electron chi connectivity index (χ1n) is 5.99. The Morgan fingerprint density at radius 1 is 1.10 bits per heavy atom. The SMILES string of the molecule is COc1ccc(Nc2cccc(-c3nccs3)n2)nc1. The molecule has 0 spiro atoms. The van der Waals surface area contributed by atoms with E-state index in [1.807, 2.05) is 35.7 Å². The van der Waals surface area contributed by atoms with Gasteiger partial charge in [-0.1, -0.05) is 6.07 Å². The number of nitrogens with one attached hydrogen (secondary N) is 1. The van der Waals surface area contributed by atoms with Gasteiger partial charge in [0.25, 0.3) is 0 Å². The highest BCUT2D eigenvalue weighted by molar-refractivity contribution is 7.13. The molecule has 0 aliphatic heterocycles. The van der Waals surface area contributed by atoms with Crippen LogP contribution in [0.15, 0.2) is 48.1 Å². The van der Waals surface area contributed by atoms with Crippen molar-refractivity contribution < 1.29 is 4.74 Å². The molecule has 3 aromatic heterocycles. The van der Waals surface area contributed by atoms with Gasteiger partial charge in [-0.15, -0.1) is 11.3 Å². The lowest BCUT2D eigenvalue weighted by molar-refractivity contribution is 0.413. The summed E-state index contributed by atoms with van der Waals surface area (Å²) in [6.07, 6.45) is 3.43. The number of thiazole rings is 1. The zero-order valence-electron chi connectivity index (χ0n) is 10.8. The molecule has 0 saturated heterocycles. The summed E-state index contributed by atoms with van der Waals surface area (Å²) < 4.78 is 5.07. The van der Waals surface area contributed by atoms with Crippen molar-refractivity contribution in [3.8, 4) is 16.5 Å². The Bertz CT molecular complexity index is 683. The number of hydrogen-bond acceptors (Lipinski definition) is 6. The second-order valence-electron chi connectivity index (χ2n) is 3.95. The second-order valence-corrected chi connectivity index (χ2v) is 4.85. The molecule has 1 N–H and O–H groups in total. The van der Waals surface area contributed by atoms with Crippen LogP contribution in [-0.2, 0) is 0 Å². The highest BCUT2D eigenvalue weighted by Crippen LogP contribution is 2.22. The van der Waals surface area contributed by atoms with Crippen LogP contribution in [0.25, 0.3) is 10.7 Å². The van der Waals surface area contributed by atoms with Crippen molar-refractivity contribution >= 4 is 23.0 Å². The molecule has 0 unspecified atom stereocenters. The van der Waals surface area contributed by atoms with Crippen LogP contribution < -0.4 is 10.1 Å². The van der Waals surface area contributed by atoms with Crippen LogP contribution in [0.4, 0.5) is 11.6 Å². The third-order valence-electron chi connectivity index (χ3n) is 2.63. The van der Waals surface area contributed by atoms with Gasteiger partial charge in [-0.2, -0.15) is 0 Å². The highest BCUT2D eigenvalue weighted by Gasteiger charge is 2.04. The van der Waals surface area contributed by atoms with Crippen molar-refractivity contribution in [3.63, 3.8) is 0 Å². The van der Waals surface area contributed by atoms with E-state index in [1.165, 1.54) is 0 Å². The average molecular weight is 284 g/mol. The van der Waals surface area contributed by atoms with Crippen molar-refractivity contribution in [1.29, 1.82) is 0 Å². The van der Waals surface area contributed by atoms with Gasteiger partial charge in [-0.3, -0.25) is 0 Å². The molecule has 0 aromatic carbocycles. The maximum atomic E-state index is 5.07. The minimum atomic E-state index is 0.717. The van der Waals surface area contributed by atoms with Gasteiger partial charge in [0, 0.05) is 11.6 Å². The number of methoxy groups -OCH3 is 1. The number of hydrogen-bond donors (Lipinski definition) is 1. The second kappa shape index (κ2) is 5.66. The first kappa shape index (κ1) is 12.6. The molecule has 0 radical (unpaired) electrons. The van der Waals surface area contributed by atoms with E-state index in [-0.39, 0.29) is 0 Å². The Morgan fingerprint density at radius 2 is 2.05 bits per heavy atom. The number of rotatable bonds is 4. The fraction of sp³-hybridized carbons (Fsp3) is 0.0714. The van der Waals surface area contributed by atoms with Crippen LogP contribution in [0.3, 0.4) is 0 Å². The van der Waals surface area contributed by atoms with E-state index in [1.54, 1.807) is 30.8 Å². The van der Waals surface area contributed by atoms with Crippen LogP contribution >= 0.6 is 11.3 Å². The molecular weight excluding hydrogens is 272 g/mol. The number of anilines is 2. The van der Waals surface area contributed by atoms with Crippen molar-refractivity contribution in [2.75, 3.05) is 12.4 Å². The van der Waals surface area contributed by atoms with Crippen molar-refractivity contribution in [2.24, 2.45) is 0 Å². The minimum Gasteiger partial charge on any atom is -0.495 e. The van der Waals surface area contributed by atoms with Crippen molar-refractivity contribution in [1.82, 2.24) is 15.0 Å². The van der Waals surface area contributed by atoms with Gasteiger partial charge in [0.1, 0.15) is 28.1 Å². The monoisotopic (exact) mass is 284 g/mol. The Balaban J connectivity index is 1.82. The largest absolute Gasteiger partial charge is 0.495 e. The first-order valence-corrected chi connectivity index (χ1v) is 6.87. The summed E-state index contributed by atoms with van der Waals surface area (Å²) in [4.78, 5) is 13.0. The van der Waals surface area contributed by atoms with E-state index >= 15 is 0 Å². The number of aromatic nitrogens is 3. The summed E-state index contributed by atoms with van der Waals surface area (Å²) >= 11 is 1.56. The summed E-state index contributed by atoms with van der Waals surface area (Å²) in [5, 5.41) is 5.99. The lowest BCUT2D eigenvalue weighted by Crippen LogP contribution is -1.97. The fourth-order valence-electron chi connectivity index (χ4n) is 1.68. The summed E-state index contributed by atoms with van der Waals surface area (Å²) in [5.41, 5.74) is 0.846. The molecule has 0 bridgehead atoms. The van der Waals surface area contributed by atoms with Gasteiger partial charge in [-0.05, 0) is 24.3 Å². The summed E-state index contributed by atoms with van der Waals surface area (Å²) in [6, 6.07) is 9.46. The first-order chi connectivity index (χ1) is 9.85. The zero-order chi connectivity index (χ0) is 13.8. The van der Waals surface area contributed by atoms with Gasteiger partial charge in [0.2, 0.25) is 0 Å². The quantitative estimate of drug-likeness (QED) is 0.796. The Hall–Kier alpha value is -2.47. The van der Waals surface area contributed by atoms with E-state index in [9.17, 15) is 0 Å². The average Bonchev–Trinajstić information content (AvgIpc) is 3.03. The molecule has 5 nitrogen and oxygen atoms in total. The van der Waals surface area contributed by atoms with E-state index in [0.29, 0.717) is 0 Å². The molecule has 3 rings (SSSR count). The molecule has 0 aliphatic rings. The van der Waals surface area contributed by atoms with Crippen LogP contribution in [0, 0.1) is 0 Å². The molecule has 0 saturated carbocycles. The number of nitrogens with zero attached hydrogens (tertiary/aromatic N) is 3. The normalized spacial score (nSPS) is 10.2. The minimum absolute atomic E-state index is 0.717. The number of ether oxygens (including phenoxy) is 1. The molecule has 0 fully saturated rings. The van der Waals surface area contributed by atoms with E-state index < -0.39 is 0 Å². The van der Waals surface area contributed by atoms with Crippen LogP contribution in [0.5, 0.6) is 5.75 Å². The molecule has 0 amide bonds. The predicted molar refractivity (Wildman–Crippen MR) is 79.4 cm³/mol. The van der Waals surface area contributed by atoms with Crippen LogP contribution in [0.1, 0.15) is 0 Å². The van der Waals surface area contributed by atoms with Crippen LogP contribution in [0.2, 0.25) is 0 Å². The van der Waals surface area contributed by atoms with E-state index in [0.717, 1.165) is 28.1 Å².